The first kappa shape index (κ1) is 9.72. The molecule has 0 unspecified atom stereocenters. The molecule has 2 heterocycles. The molecule has 0 amide bonds. The molecule has 0 aliphatic rings. The number of fused-ring (bicyclic) bond motifs is 1. The molecule has 4 heteroatoms. The van der Waals surface area contributed by atoms with Crippen LogP contribution in [0.3, 0.4) is 0 Å². The second-order valence-electron chi connectivity index (χ2n) is 3.49. The van der Waals surface area contributed by atoms with Gasteiger partial charge in [-0.05, 0) is 24.3 Å². The van der Waals surface area contributed by atoms with Crippen LogP contribution in [0.15, 0.2) is 55.0 Å². The van der Waals surface area contributed by atoms with Gasteiger partial charge >= 0.3 is 0 Å². The van der Waals surface area contributed by atoms with Gasteiger partial charge in [0.05, 0.1) is 23.4 Å². The van der Waals surface area contributed by atoms with Crippen LogP contribution in [0.25, 0.3) is 11.0 Å². The maximum absolute atomic E-state index is 5.55. The third-order valence-corrected chi connectivity index (χ3v) is 2.28. The first-order valence-corrected chi connectivity index (χ1v) is 5.21. The van der Waals surface area contributed by atoms with Gasteiger partial charge in [0.1, 0.15) is 5.75 Å². The highest BCUT2D eigenvalue weighted by Gasteiger charge is 2.01. The third-order valence-electron chi connectivity index (χ3n) is 2.28. The Kier molecular flexibility index (Phi) is 2.38. The Hall–Kier alpha value is -2.49. The molecule has 2 aromatic heterocycles. The van der Waals surface area contributed by atoms with Gasteiger partial charge in [-0.15, -0.1) is 0 Å². The molecule has 3 aromatic rings. The monoisotopic (exact) mass is 223 g/mol. The van der Waals surface area contributed by atoms with Gasteiger partial charge in [0.2, 0.25) is 5.88 Å². The fraction of sp³-hybridized carbons (Fsp3) is 0. The molecule has 0 N–H and O–H groups in total. The second kappa shape index (κ2) is 4.17. The van der Waals surface area contributed by atoms with Crippen molar-refractivity contribution in [2.75, 3.05) is 0 Å². The third kappa shape index (κ3) is 2.06. The Morgan fingerprint density at radius 1 is 0.882 bits per heavy atom. The molecule has 0 atom stereocenters. The average molecular weight is 223 g/mol. The zero-order chi connectivity index (χ0) is 11.5. The minimum absolute atomic E-state index is 0.469. The van der Waals surface area contributed by atoms with Crippen molar-refractivity contribution in [1.82, 2.24) is 15.0 Å². The van der Waals surface area contributed by atoms with Crippen molar-refractivity contribution in [2.24, 2.45) is 0 Å². The van der Waals surface area contributed by atoms with E-state index in [0.717, 1.165) is 11.0 Å². The van der Waals surface area contributed by atoms with E-state index in [0.29, 0.717) is 11.6 Å². The second-order valence-corrected chi connectivity index (χ2v) is 3.49. The average Bonchev–Trinajstić information content (AvgIpc) is 2.40. The topological polar surface area (TPSA) is 47.9 Å². The first-order chi connectivity index (χ1) is 8.42. The smallest absolute Gasteiger partial charge is 0.238 e. The van der Waals surface area contributed by atoms with Crippen molar-refractivity contribution >= 4 is 11.0 Å². The van der Waals surface area contributed by atoms with Gasteiger partial charge in [-0.3, -0.25) is 4.98 Å². The van der Waals surface area contributed by atoms with E-state index in [1.165, 1.54) is 0 Å². The Balaban J connectivity index is 1.96. The highest BCUT2D eigenvalue weighted by Crippen LogP contribution is 2.19. The summed E-state index contributed by atoms with van der Waals surface area (Å²) in [5.41, 5.74) is 1.67. The van der Waals surface area contributed by atoms with E-state index in [2.05, 4.69) is 15.0 Å². The van der Waals surface area contributed by atoms with Gasteiger partial charge in [0.15, 0.2) is 0 Å². The molecule has 0 fully saturated rings. The Labute approximate surface area is 97.9 Å². The molecule has 3 rings (SSSR count). The summed E-state index contributed by atoms with van der Waals surface area (Å²) in [5, 5.41) is 0. The van der Waals surface area contributed by atoms with Crippen LogP contribution in [-0.2, 0) is 0 Å². The number of hydrogen-bond acceptors (Lipinski definition) is 4. The lowest BCUT2D eigenvalue weighted by Crippen LogP contribution is -1.90. The minimum atomic E-state index is 0.469. The van der Waals surface area contributed by atoms with Crippen molar-refractivity contribution in [3.05, 3.63) is 55.0 Å². The Bertz CT molecular complexity index is 640. The summed E-state index contributed by atoms with van der Waals surface area (Å²) in [6.45, 7) is 0. The summed E-state index contributed by atoms with van der Waals surface area (Å²) >= 11 is 0. The molecule has 1 aromatic carbocycles. The number of hydrogen-bond donors (Lipinski definition) is 0. The lowest BCUT2D eigenvalue weighted by molar-refractivity contribution is 0.460. The molecule has 17 heavy (non-hydrogen) atoms. The molecule has 82 valence electrons. The number of aromatic nitrogens is 3. The fourth-order valence-electron chi connectivity index (χ4n) is 1.52. The molecule has 4 nitrogen and oxygen atoms in total. The van der Waals surface area contributed by atoms with Crippen LogP contribution in [0.5, 0.6) is 11.6 Å². The zero-order valence-corrected chi connectivity index (χ0v) is 8.95. The maximum atomic E-state index is 5.55. The molecule has 0 saturated carbocycles. The van der Waals surface area contributed by atoms with E-state index < -0.39 is 0 Å². The maximum Gasteiger partial charge on any atom is 0.238 e. The van der Waals surface area contributed by atoms with Crippen LogP contribution < -0.4 is 4.74 Å². The van der Waals surface area contributed by atoms with Crippen molar-refractivity contribution in [3.8, 4) is 11.6 Å². The largest absolute Gasteiger partial charge is 0.436 e. The number of para-hydroxylation sites is 2. The zero-order valence-electron chi connectivity index (χ0n) is 8.95. The molecular formula is C13H9N3O. The highest BCUT2D eigenvalue weighted by atomic mass is 16.5. The van der Waals surface area contributed by atoms with Gasteiger partial charge < -0.3 is 4.74 Å². The van der Waals surface area contributed by atoms with Gasteiger partial charge in [-0.25, -0.2) is 9.97 Å². The summed E-state index contributed by atoms with van der Waals surface area (Å²) in [4.78, 5) is 12.6. The lowest BCUT2D eigenvalue weighted by Gasteiger charge is -2.04. The van der Waals surface area contributed by atoms with E-state index >= 15 is 0 Å². The van der Waals surface area contributed by atoms with E-state index in [1.54, 1.807) is 18.6 Å². The number of rotatable bonds is 2. The summed E-state index contributed by atoms with van der Waals surface area (Å²) < 4.78 is 5.55. The quantitative estimate of drug-likeness (QED) is 0.670. The standard InChI is InChI=1S/C13H9N3O/c1-2-6-12-11(5-1)15-9-13(16-12)17-10-4-3-7-14-8-10/h1-9H. The molecule has 0 aliphatic heterocycles. The number of nitrogens with zero attached hydrogens (tertiary/aromatic N) is 3. The molecular weight excluding hydrogens is 214 g/mol. The van der Waals surface area contributed by atoms with Crippen LogP contribution in [0.4, 0.5) is 0 Å². The van der Waals surface area contributed by atoms with Crippen LogP contribution in [-0.4, -0.2) is 15.0 Å². The number of benzene rings is 1. The Morgan fingerprint density at radius 2 is 1.76 bits per heavy atom. The number of ether oxygens (including phenoxy) is 1. The predicted molar refractivity (Wildman–Crippen MR) is 63.8 cm³/mol. The Morgan fingerprint density at radius 3 is 2.59 bits per heavy atom. The van der Waals surface area contributed by atoms with E-state index in [-0.39, 0.29) is 0 Å². The molecule has 0 saturated heterocycles. The van der Waals surface area contributed by atoms with Crippen LogP contribution in [0.1, 0.15) is 0 Å². The van der Waals surface area contributed by atoms with Crippen molar-refractivity contribution < 1.29 is 4.74 Å². The van der Waals surface area contributed by atoms with Crippen LogP contribution in [0, 0.1) is 0 Å². The van der Waals surface area contributed by atoms with Crippen molar-refractivity contribution in [3.63, 3.8) is 0 Å². The van der Waals surface area contributed by atoms with E-state index in [4.69, 9.17) is 4.74 Å². The number of pyridine rings is 1. The van der Waals surface area contributed by atoms with Gasteiger partial charge in [0, 0.05) is 6.20 Å². The van der Waals surface area contributed by atoms with E-state index in [9.17, 15) is 0 Å². The molecule has 0 bridgehead atoms. The summed E-state index contributed by atoms with van der Waals surface area (Å²) in [7, 11) is 0. The molecule has 0 spiro atoms. The summed E-state index contributed by atoms with van der Waals surface area (Å²) in [6.07, 6.45) is 4.94. The van der Waals surface area contributed by atoms with Crippen molar-refractivity contribution in [1.29, 1.82) is 0 Å². The van der Waals surface area contributed by atoms with Crippen LogP contribution in [0.2, 0.25) is 0 Å². The molecule has 0 radical (unpaired) electrons. The lowest BCUT2D eigenvalue weighted by atomic mass is 10.3. The van der Waals surface area contributed by atoms with E-state index in [1.807, 2.05) is 36.4 Å². The SMILES string of the molecule is c1cncc(Oc2cnc3ccccc3n2)c1. The van der Waals surface area contributed by atoms with Gasteiger partial charge in [-0.1, -0.05) is 12.1 Å². The first-order valence-electron chi connectivity index (χ1n) is 5.21. The van der Waals surface area contributed by atoms with Crippen LogP contribution >= 0.6 is 0 Å². The molecule has 0 aliphatic carbocycles. The normalized spacial score (nSPS) is 10.4. The van der Waals surface area contributed by atoms with Gasteiger partial charge in [0.25, 0.3) is 0 Å². The highest BCUT2D eigenvalue weighted by molar-refractivity contribution is 5.73. The van der Waals surface area contributed by atoms with Crippen molar-refractivity contribution in [2.45, 2.75) is 0 Å². The summed E-state index contributed by atoms with van der Waals surface area (Å²) in [6, 6.07) is 11.3. The fourth-order valence-corrected chi connectivity index (χ4v) is 1.52. The summed E-state index contributed by atoms with van der Waals surface area (Å²) in [5.74, 6) is 1.12. The predicted octanol–water partition coefficient (Wildman–Crippen LogP) is 2.82. The van der Waals surface area contributed by atoms with Gasteiger partial charge in [-0.2, -0.15) is 0 Å². The minimum Gasteiger partial charge on any atom is -0.436 e.